The summed E-state index contributed by atoms with van der Waals surface area (Å²) in [7, 11) is 0. The van der Waals surface area contributed by atoms with Gasteiger partial charge < -0.3 is 5.11 Å². The number of hydrogen-bond donors (Lipinski definition) is 1. The van der Waals surface area contributed by atoms with E-state index in [1.165, 1.54) is 0 Å². The molecule has 0 unspecified atom stereocenters. The summed E-state index contributed by atoms with van der Waals surface area (Å²) in [4.78, 5) is 12.5. The van der Waals surface area contributed by atoms with Crippen molar-refractivity contribution in [2.75, 3.05) is 0 Å². The van der Waals surface area contributed by atoms with Crippen LogP contribution < -0.4 is 0 Å². The number of nitrogens with zero attached hydrogens (tertiary/aromatic N) is 2. The first-order valence-electron chi connectivity index (χ1n) is 10.4. The van der Waals surface area contributed by atoms with E-state index in [9.17, 15) is 9.90 Å². The van der Waals surface area contributed by atoms with Gasteiger partial charge in [0.05, 0.1) is 11.4 Å². The van der Waals surface area contributed by atoms with E-state index < -0.39 is 5.97 Å². The van der Waals surface area contributed by atoms with Gasteiger partial charge in [0.2, 0.25) is 0 Å². The molecule has 1 N–H and O–H groups in total. The SMILES string of the molecule is O=C(O)c1c(-c2ccc(-c3ccccc3)cc2)nn(-c2ccccc2)c1-c1ccccc1. The highest BCUT2D eigenvalue weighted by Crippen LogP contribution is 2.35. The largest absolute Gasteiger partial charge is 0.478 e. The van der Waals surface area contributed by atoms with E-state index >= 15 is 0 Å². The lowest BCUT2D eigenvalue weighted by molar-refractivity contribution is 0.0698. The molecule has 1 heterocycles. The van der Waals surface area contributed by atoms with Gasteiger partial charge in [-0.05, 0) is 23.3 Å². The molecule has 1 aromatic heterocycles. The second kappa shape index (κ2) is 8.36. The van der Waals surface area contributed by atoms with Gasteiger partial charge in [-0.25, -0.2) is 9.48 Å². The predicted octanol–water partition coefficient (Wildman–Crippen LogP) is 6.57. The van der Waals surface area contributed by atoms with Crippen LogP contribution in [0.1, 0.15) is 10.4 Å². The van der Waals surface area contributed by atoms with Crippen LogP contribution in [0.5, 0.6) is 0 Å². The monoisotopic (exact) mass is 416 g/mol. The Bertz CT molecular complexity index is 1360. The first kappa shape index (κ1) is 19.5. The van der Waals surface area contributed by atoms with Crippen LogP contribution in [0.2, 0.25) is 0 Å². The Hall–Kier alpha value is -4.44. The number of carboxylic acid groups (broad SMARTS) is 1. The molecule has 0 bridgehead atoms. The Kier molecular flexibility index (Phi) is 5.10. The minimum Gasteiger partial charge on any atom is -0.478 e. The number of carbonyl (C=O) groups is 1. The summed E-state index contributed by atoms with van der Waals surface area (Å²) in [5.74, 6) is -1.01. The summed E-state index contributed by atoms with van der Waals surface area (Å²) in [6.07, 6.45) is 0. The van der Waals surface area contributed by atoms with E-state index in [1.54, 1.807) is 4.68 Å². The van der Waals surface area contributed by atoms with Crippen LogP contribution in [0, 0.1) is 0 Å². The molecule has 0 amide bonds. The fourth-order valence-electron chi connectivity index (χ4n) is 3.89. The molecule has 0 aliphatic carbocycles. The van der Waals surface area contributed by atoms with E-state index in [2.05, 4.69) is 12.1 Å². The summed E-state index contributed by atoms with van der Waals surface area (Å²) in [5, 5.41) is 15.0. The number of rotatable bonds is 5. The van der Waals surface area contributed by atoms with Crippen LogP contribution in [0.4, 0.5) is 0 Å². The molecule has 0 aliphatic heterocycles. The van der Waals surface area contributed by atoms with Crippen molar-refractivity contribution in [3.63, 3.8) is 0 Å². The summed E-state index contributed by atoms with van der Waals surface area (Å²) < 4.78 is 1.72. The normalized spacial score (nSPS) is 10.8. The molecule has 0 saturated heterocycles. The molecule has 0 fully saturated rings. The van der Waals surface area contributed by atoms with Gasteiger partial charge in [0, 0.05) is 11.1 Å². The Morgan fingerprint density at radius 2 is 1.06 bits per heavy atom. The molecule has 154 valence electrons. The maximum atomic E-state index is 12.5. The zero-order chi connectivity index (χ0) is 21.9. The molecule has 5 aromatic rings. The van der Waals surface area contributed by atoms with E-state index in [0.29, 0.717) is 11.4 Å². The summed E-state index contributed by atoms with van der Waals surface area (Å²) >= 11 is 0. The van der Waals surface area contributed by atoms with E-state index in [4.69, 9.17) is 5.10 Å². The number of aromatic nitrogens is 2. The molecule has 4 heteroatoms. The van der Waals surface area contributed by atoms with Crippen LogP contribution in [0.15, 0.2) is 115 Å². The maximum absolute atomic E-state index is 12.5. The number of para-hydroxylation sites is 1. The van der Waals surface area contributed by atoms with Crippen molar-refractivity contribution in [2.45, 2.75) is 0 Å². The van der Waals surface area contributed by atoms with Crippen molar-refractivity contribution in [3.8, 4) is 39.3 Å². The predicted molar refractivity (Wildman–Crippen MR) is 127 cm³/mol. The molecule has 0 radical (unpaired) electrons. The Morgan fingerprint density at radius 1 is 0.594 bits per heavy atom. The smallest absolute Gasteiger partial charge is 0.340 e. The second-order valence-electron chi connectivity index (χ2n) is 7.43. The molecular formula is C28H20N2O2. The van der Waals surface area contributed by atoms with Crippen LogP contribution in [0.3, 0.4) is 0 Å². The molecule has 4 nitrogen and oxygen atoms in total. The quantitative estimate of drug-likeness (QED) is 0.352. The topological polar surface area (TPSA) is 55.1 Å². The minimum absolute atomic E-state index is 0.188. The first-order valence-corrected chi connectivity index (χ1v) is 10.4. The van der Waals surface area contributed by atoms with Crippen LogP contribution >= 0.6 is 0 Å². The Morgan fingerprint density at radius 3 is 1.62 bits per heavy atom. The van der Waals surface area contributed by atoms with Gasteiger partial charge >= 0.3 is 5.97 Å². The molecule has 4 aromatic carbocycles. The van der Waals surface area contributed by atoms with Crippen molar-refractivity contribution < 1.29 is 9.90 Å². The Labute approximate surface area is 186 Å². The van der Waals surface area contributed by atoms with Gasteiger partial charge in [-0.15, -0.1) is 0 Å². The third kappa shape index (κ3) is 3.59. The van der Waals surface area contributed by atoms with Crippen LogP contribution in [-0.4, -0.2) is 20.9 Å². The molecular weight excluding hydrogens is 396 g/mol. The lowest BCUT2D eigenvalue weighted by atomic mass is 9.99. The highest BCUT2D eigenvalue weighted by molar-refractivity contribution is 6.02. The summed E-state index contributed by atoms with van der Waals surface area (Å²) in [6, 6.07) is 37.1. The van der Waals surface area contributed by atoms with Gasteiger partial charge in [0.15, 0.2) is 0 Å². The number of aromatic carboxylic acids is 1. The van der Waals surface area contributed by atoms with Crippen molar-refractivity contribution in [2.24, 2.45) is 0 Å². The van der Waals surface area contributed by atoms with Crippen molar-refractivity contribution in [1.82, 2.24) is 9.78 Å². The third-order valence-corrected chi connectivity index (χ3v) is 5.41. The van der Waals surface area contributed by atoms with Gasteiger partial charge in [-0.2, -0.15) is 5.10 Å². The number of carboxylic acids is 1. The fourth-order valence-corrected chi connectivity index (χ4v) is 3.89. The highest BCUT2D eigenvalue weighted by atomic mass is 16.4. The second-order valence-corrected chi connectivity index (χ2v) is 7.43. The average Bonchev–Trinajstić information content (AvgIpc) is 3.27. The third-order valence-electron chi connectivity index (χ3n) is 5.41. The molecule has 0 saturated carbocycles. The zero-order valence-corrected chi connectivity index (χ0v) is 17.2. The molecule has 32 heavy (non-hydrogen) atoms. The molecule has 0 spiro atoms. The molecule has 5 rings (SSSR count). The van der Waals surface area contributed by atoms with Crippen LogP contribution in [0.25, 0.3) is 39.3 Å². The lowest BCUT2D eigenvalue weighted by Crippen LogP contribution is -2.03. The van der Waals surface area contributed by atoms with E-state index in [-0.39, 0.29) is 5.56 Å². The lowest BCUT2D eigenvalue weighted by Gasteiger charge is -2.08. The Balaban J connectivity index is 1.71. The van der Waals surface area contributed by atoms with Gasteiger partial charge in [0.25, 0.3) is 0 Å². The van der Waals surface area contributed by atoms with Crippen molar-refractivity contribution >= 4 is 5.97 Å². The summed E-state index contributed by atoms with van der Waals surface area (Å²) in [5.41, 5.74) is 5.73. The minimum atomic E-state index is -1.01. The van der Waals surface area contributed by atoms with Crippen molar-refractivity contribution in [3.05, 3.63) is 121 Å². The van der Waals surface area contributed by atoms with Gasteiger partial charge in [-0.1, -0.05) is 103 Å². The number of benzene rings is 4. The van der Waals surface area contributed by atoms with Crippen molar-refractivity contribution in [1.29, 1.82) is 0 Å². The zero-order valence-electron chi connectivity index (χ0n) is 17.2. The van der Waals surface area contributed by atoms with Crippen LogP contribution in [-0.2, 0) is 0 Å². The van der Waals surface area contributed by atoms with Gasteiger partial charge in [0.1, 0.15) is 11.3 Å². The summed E-state index contributed by atoms with van der Waals surface area (Å²) in [6.45, 7) is 0. The van der Waals surface area contributed by atoms with Gasteiger partial charge in [-0.3, -0.25) is 0 Å². The molecule has 0 aliphatic rings. The van der Waals surface area contributed by atoms with E-state index in [0.717, 1.165) is 27.9 Å². The highest BCUT2D eigenvalue weighted by Gasteiger charge is 2.26. The van der Waals surface area contributed by atoms with E-state index in [1.807, 2.05) is 103 Å². The molecule has 0 atom stereocenters. The average molecular weight is 416 g/mol. The standard InChI is InChI=1S/C28H20N2O2/c31-28(32)25-26(22-18-16-21(17-19-22)20-10-4-1-5-11-20)29-30(24-14-8-3-9-15-24)27(25)23-12-6-2-7-13-23/h1-19H,(H,31,32). The first-order chi connectivity index (χ1) is 15.7. The number of hydrogen-bond acceptors (Lipinski definition) is 2. The fraction of sp³-hybridized carbons (Fsp3) is 0. The maximum Gasteiger partial charge on any atom is 0.340 e.